The van der Waals surface area contributed by atoms with Crippen LogP contribution in [0.4, 0.5) is 8.59 Å². The molecule has 0 fully saturated rings. The molecule has 0 N–H and O–H groups in total. The van der Waals surface area contributed by atoms with Gasteiger partial charge in [0, 0.05) is 0 Å². The number of hydrogen-bond acceptors (Lipinski definition) is 5. The Hall–Kier alpha value is -1.86. The van der Waals surface area contributed by atoms with Crippen LogP contribution in [0.3, 0.4) is 0 Å². The summed E-state index contributed by atoms with van der Waals surface area (Å²) < 4.78 is 61.9. The van der Waals surface area contributed by atoms with Crippen molar-refractivity contribution >= 4 is 64.5 Å². The molecule has 1 unspecified atom stereocenters. The average Bonchev–Trinajstić information content (AvgIpc) is 2.77. The first-order valence-electron chi connectivity index (χ1n) is 9.42. The zero-order chi connectivity index (χ0) is 24.6. The number of ether oxygens (including phenoxy) is 1. The van der Waals surface area contributed by atoms with Gasteiger partial charge in [0.1, 0.15) is 5.82 Å². The van der Waals surface area contributed by atoms with Crippen molar-refractivity contribution < 1.29 is 25.7 Å². The molecule has 1 aromatic heterocycles. The second-order valence-electron chi connectivity index (χ2n) is 6.96. The molecule has 12 heteroatoms. The topological polar surface area (TPSA) is 65.5 Å². The van der Waals surface area contributed by atoms with Crippen LogP contribution in [0.15, 0.2) is 70.2 Å². The van der Waals surface area contributed by atoms with Gasteiger partial charge in [-0.3, -0.25) is 0 Å². The van der Waals surface area contributed by atoms with E-state index in [1.165, 1.54) is 43.6 Å². The standard InChI is InChI=1S/C22H13BrClF2NO4P2S/c1-30-21-10-16(12-3-2-4-13(25)7-12)19(24)9-17(21)22-15-6-5-14(34(28,29)31-33(26)32)8-20(15)27-11-18(22)23/h2-11H,1H3. The van der Waals surface area contributed by atoms with E-state index in [9.17, 15) is 17.0 Å². The van der Waals surface area contributed by atoms with Crippen molar-refractivity contribution in [2.24, 2.45) is 0 Å². The van der Waals surface area contributed by atoms with Gasteiger partial charge in [0.15, 0.2) is 0 Å². The number of halogens is 4. The third kappa shape index (κ3) is 5.06. The van der Waals surface area contributed by atoms with E-state index in [4.69, 9.17) is 16.3 Å². The zero-order valence-electron chi connectivity index (χ0n) is 17.2. The van der Waals surface area contributed by atoms with Crippen molar-refractivity contribution in [3.63, 3.8) is 0 Å². The summed E-state index contributed by atoms with van der Waals surface area (Å²) in [6, 6.07) is 13.5. The van der Waals surface area contributed by atoms with E-state index in [0.29, 0.717) is 48.4 Å². The summed E-state index contributed by atoms with van der Waals surface area (Å²) in [4.78, 5) is 4.03. The van der Waals surface area contributed by atoms with Crippen LogP contribution in [0.25, 0.3) is 33.2 Å². The summed E-state index contributed by atoms with van der Waals surface area (Å²) in [5, 5.41) is 0.936. The Morgan fingerprint density at radius 2 is 1.88 bits per heavy atom. The van der Waals surface area contributed by atoms with Crippen LogP contribution in [0.2, 0.25) is 5.02 Å². The number of fused-ring (bicyclic) bond motifs is 1. The van der Waals surface area contributed by atoms with Crippen molar-refractivity contribution in [3.8, 4) is 28.0 Å². The van der Waals surface area contributed by atoms with E-state index in [1.807, 2.05) is 0 Å². The number of hydrogen-bond donors (Lipinski definition) is 0. The van der Waals surface area contributed by atoms with E-state index in [1.54, 1.807) is 24.3 Å². The quantitative estimate of drug-likeness (QED) is 0.215. The van der Waals surface area contributed by atoms with Crippen LogP contribution in [-0.4, -0.2) is 20.5 Å². The van der Waals surface area contributed by atoms with Gasteiger partial charge < -0.3 is 0 Å². The summed E-state index contributed by atoms with van der Waals surface area (Å²) in [7, 11) is -2.38. The van der Waals surface area contributed by atoms with Gasteiger partial charge in [0.05, 0.1) is 0 Å². The van der Waals surface area contributed by atoms with Crippen molar-refractivity contribution in [1.82, 2.24) is 4.98 Å². The molecule has 0 radical (unpaired) electrons. The second-order valence-corrected chi connectivity index (χ2v) is 11.6. The zero-order valence-corrected chi connectivity index (χ0v) is 22.1. The van der Waals surface area contributed by atoms with Gasteiger partial charge >= 0.3 is 171 Å². The van der Waals surface area contributed by atoms with Crippen molar-refractivity contribution in [2.45, 2.75) is 4.90 Å². The molecule has 4 rings (SSSR count). The Morgan fingerprint density at radius 3 is 2.56 bits per heavy atom. The maximum absolute atomic E-state index is 13.8. The summed E-state index contributed by atoms with van der Waals surface area (Å²) in [6.07, 6.45) is 1.50. The van der Waals surface area contributed by atoms with Gasteiger partial charge in [-0.15, -0.1) is 0 Å². The number of nitrogens with zero attached hydrogens (tertiary/aromatic N) is 1. The average molecular weight is 603 g/mol. The van der Waals surface area contributed by atoms with E-state index in [-0.39, 0.29) is 4.90 Å². The molecule has 0 saturated heterocycles. The number of methoxy groups -OCH3 is 1. The monoisotopic (exact) mass is 601 g/mol. The molecule has 3 aromatic carbocycles. The van der Waals surface area contributed by atoms with E-state index in [2.05, 4.69) is 33.2 Å². The number of benzene rings is 3. The number of aromatic nitrogens is 1. The van der Waals surface area contributed by atoms with Gasteiger partial charge in [-0.2, -0.15) is 0 Å². The van der Waals surface area contributed by atoms with Gasteiger partial charge in [-0.25, -0.2) is 4.39 Å². The molecule has 0 aliphatic carbocycles. The molecule has 0 aliphatic heterocycles. The molecule has 4 aromatic rings. The molecule has 0 saturated carbocycles. The van der Waals surface area contributed by atoms with Gasteiger partial charge in [-0.1, -0.05) is 12.1 Å². The molecule has 1 heterocycles. The maximum atomic E-state index is 13.8. The third-order valence-electron chi connectivity index (χ3n) is 4.94. The summed E-state index contributed by atoms with van der Waals surface area (Å²) in [5.74, 6) is 0.0579. The van der Waals surface area contributed by atoms with Gasteiger partial charge in [-0.05, 0) is 17.7 Å². The van der Waals surface area contributed by atoms with E-state index < -0.39 is 23.5 Å². The molecule has 0 aliphatic rings. The van der Waals surface area contributed by atoms with Crippen molar-refractivity contribution in [3.05, 3.63) is 76.1 Å². The fraction of sp³-hybridized carbons (Fsp3) is 0.0455. The van der Waals surface area contributed by atoms with Crippen LogP contribution >= 0.6 is 43.4 Å². The summed E-state index contributed by atoms with van der Waals surface area (Å²) in [5.41, 5.74) is 2.72. The summed E-state index contributed by atoms with van der Waals surface area (Å²) >= 11 is 10.1. The van der Waals surface area contributed by atoms with Crippen LogP contribution in [0.5, 0.6) is 5.75 Å². The second kappa shape index (κ2) is 10.0. The molecule has 5 nitrogen and oxygen atoms in total. The minimum absolute atomic E-state index is 0.258. The van der Waals surface area contributed by atoms with Gasteiger partial charge in [0.2, 0.25) is 0 Å². The number of pyridine rings is 1. The Morgan fingerprint density at radius 1 is 1.12 bits per heavy atom. The minimum atomic E-state index is -4.35. The molecule has 0 bridgehead atoms. The Labute approximate surface area is 210 Å². The molecular weight excluding hydrogens is 590 g/mol. The molecule has 174 valence electrons. The van der Waals surface area contributed by atoms with E-state index in [0.717, 1.165) is 0 Å². The predicted molar refractivity (Wildman–Crippen MR) is 135 cm³/mol. The van der Waals surface area contributed by atoms with Crippen LogP contribution in [-0.2, 0) is 14.1 Å². The normalized spacial score (nSPS) is 12.1. The molecule has 0 spiro atoms. The predicted octanol–water partition coefficient (Wildman–Crippen LogP) is 8.44. The first kappa shape index (κ1) is 25.2. The van der Waals surface area contributed by atoms with Gasteiger partial charge in [0.25, 0.3) is 0 Å². The first-order valence-corrected chi connectivity index (χ1v) is 14.3. The Balaban J connectivity index is 1.92. The number of rotatable bonds is 5. The summed E-state index contributed by atoms with van der Waals surface area (Å²) in [6.45, 7) is 0. The molecule has 1 atom stereocenters. The molecule has 0 amide bonds. The van der Waals surface area contributed by atoms with Crippen molar-refractivity contribution in [2.75, 3.05) is 7.11 Å². The Kier molecular flexibility index (Phi) is 7.44. The molecular formula is C22H13BrClF2NO4P2S. The first-order chi connectivity index (χ1) is 16.1. The SMILES string of the molecule is COc1cc(-c2cccc(F)c2)c(Cl)cc1-c1c(Br)cnc2cc(S(=O)(=O)OP(F)#P)ccc12. The molecule has 34 heavy (non-hydrogen) atoms. The fourth-order valence-electron chi connectivity index (χ4n) is 3.50. The fourth-order valence-corrected chi connectivity index (χ4v) is 6.57. The van der Waals surface area contributed by atoms with Crippen LogP contribution in [0.1, 0.15) is 0 Å². The Bertz CT molecular complexity index is 1630. The van der Waals surface area contributed by atoms with Crippen LogP contribution in [0, 0.1) is 5.82 Å². The third-order valence-corrected chi connectivity index (χ3v) is 8.56. The van der Waals surface area contributed by atoms with Crippen LogP contribution < -0.4 is 4.74 Å². The van der Waals surface area contributed by atoms with E-state index >= 15 is 0 Å². The van der Waals surface area contributed by atoms with Crippen molar-refractivity contribution in [1.29, 1.82) is 0 Å².